The fraction of sp³-hybridized carbons (Fsp3) is 0. The van der Waals surface area contributed by atoms with Crippen LogP contribution in [-0.2, 0) is 31.1 Å². The zero-order valence-corrected chi connectivity index (χ0v) is 7.90. The fourth-order valence-electron chi connectivity index (χ4n) is 0.141. The van der Waals surface area contributed by atoms with E-state index in [0.717, 1.165) is 7.47 Å². The summed E-state index contributed by atoms with van der Waals surface area (Å²) in [6.45, 7) is 0. The molecule has 36 valence electrons. The van der Waals surface area contributed by atoms with Gasteiger partial charge in [0.1, 0.15) is 0 Å². The van der Waals surface area contributed by atoms with Gasteiger partial charge in [-0.15, -0.1) is 0 Å². The molecule has 1 heterocycles. The second kappa shape index (κ2) is 2.52. The van der Waals surface area contributed by atoms with Crippen LogP contribution in [0, 0.1) is 0 Å². The van der Waals surface area contributed by atoms with Crippen LogP contribution >= 0.6 is 23.5 Å². The maximum absolute atomic E-state index is 4.96. The van der Waals surface area contributed by atoms with Gasteiger partial charge in [-0.1, -0.05) is 11.8 Å². The molecule has 6 heavy (non-hydrogen) atoms. The Morgan fingerprint density at radius 1 is 1.83 bits per heavy atom. The third kappa shape index (κ3) is 1.50. The third-order valence-electron chi connectivity index (χ3n) is 0.318. The summed E-state index contributed by atoms with van der Waals surface area (Å²) >= 11 is 9.87. The molecule has 0 aliphatic carbocycles. The highest BCUT2D eigenvalue weighted by atomic mass is 33.8. The molecule has 3 unspecified atom stereocenters. The molecule has 3 atom stereocenters. The van der Waals surface area contributed by atoms with E-state index in [1.165, 1.54) is 0 Å². The van der Waals surface area contributed by atoms with Crippen molar-refractivity contribution in [3.05, 3.63) is 0 Å². The number of hydrogen-bond donors (Lipinski definition) is 0. The van der Waals surface area contributed by atoms with Gasteiger partial charge >= 0.3 is 0 Å². The van der Waals surface area contributed by atoms with E-state index in [4.69, 9.17) is 23.0 Å². The maximum Gasteiger partial charge on any atom is 0.0355 e. The average Bonchev–Trinajstić information content (AvgIpc) is 1.33. The van der Waals surface area contributed by atoms with Crippen LogP contribution in [-0.4, -0.2) is 0 Å². The highest BCUT2D eigenvalue weighted by Crippen LogP contribution is 2.73. The molecule has 0 aromatic rings. The Balaban J connectivity index is 2.47. The van der Waals surface area contributed by atoms with Crippen LogP contribution in [0.3, 0.4) is 0 Å². The van der Waals surface area contributed by atoms with E-state index in [1.807, 2.05) is 10.4 Å². The first-order chi connectivity index (χ1) is 2.79. The van der Waals surface area contributed by atoms with Crippen LogP contribution in [0.4, 0.5) is 0 Å². The summed E-state index contributed by atoms with van der Waals surface area (Å²) in [7, 11) is 3.14. The van der Waals surface area contributed by atoms with Crippen LogP contribution in [0.25, 0.3) is 0 Å². The summed E-state index contributed by atoms with van der Waals surface area (Å²) in [5.74, 6) is 0. The van der Waals surface area contributed by atoms with Crippen molar-refractivity contribution in [1.29, 1.82) is 0 Å². The summed E-state index contributed by atoms with van der Waals surface area (Å²) < 4.78 is 0. The summed E-state index contributed by atoms with van der Waals surface area (Å²) in [6, 6.07) is 0. The van der Waals surface area contributed by atoms with Crippen LogP contribution in [0.5, 0.6) is 0 Å². The average molecular weight is 192 g/mol. The van der Waals surface area contributed by atoms with Crippen LogP contribution in [0.2, 0.25) is 0 Å². The Bertz CT molecular complexity index is 82.1. The van der Waals surface area contributed by atoms with Crippen LogP contribution in [0.1, 0.15) is 0 Å². The van der Waals surface area contributed by atoms with E-state index in [2.05, 4.69) is 0 Å². The minimum atomic E-state index is -0.306. The molecule has 0 nitrogen and oxygen atoms in total. The van der Waals surface area contributed by atoms with Crippen molar-refractivity contribution in [3.63, 3.8) is 0 Å². The molecule has 0 N–H and O–H groups in total. The molecular weight excluding hydrogens is 190 g/mol. The van der Waals surface area contributed by atoms with E-state index < -0.39 is 0 Å². The van der Waals surface area contributed by atoms with Gasteiger partial charge < -0.3 is 0 Å². The monoisotopic (exact) mass is 192 g/mol. The molecule has 0 bridgehead atoms. The van der Waals surface area contributed by atoms with Crippen molar-refractivity contribution in [2.24, 2.45) is 0 Å². The van der Waals surface area contributed by atoms with Crippen molar-refractivity contribution >= 4 is 54.6 Å². The molecule has 6 heteroatoms. The molecule has 0 amide bonds. The third-order valence-corrected chi connectivity index (χ3v) is 25.8. The first-order valence-corrected chi connectivity index (χ1v) is 10.8. The molecule has 1 aliphatic heterocycles. The highest BCUT2D eigenvalue weighted by molar-refractivity contribution is 9.37. The van der Waals surface area contributed by atoms with E-state index in [1.54, 1.807) is 0 Å². The SMILES string of the molecule is S=[PH]1PS(=S)S1. The summed E-state index contributed by atoms with van der Waals surface area (Å²) in [6.07, 6.45) is 0. The van der Waals surface area contributed by atoms with E-state index in [0.29, 0.717) is 8.11 Å². The predicted octanol–water partition coefficient (Wildman–Crippen LogP) is 1.83. The molecule has 1 rings (SSSR count). The second-order valence-corrected chi connectivity index (χ2v) is 19.1. The van der Waals surface area contributed by atoms with Gasteiger partial charge in [-0.2, -0.15) is 0 Å². The molecule has 0 spiro atoms. The van der Waals surface area contributed by atoms with Gasteiger partial charge in [0, 0.05) is 5.59 Å². The van der Waals surface area contributed by atoms with E-state index in [9.17, 15) is 0 Å². The van der Waals surface area contributed by atoms with Gasteiger partial charge in [-0.3, -0.25) is 0 Å². The van der Waals surface area contributed by atoms with Crippen LogP contribution in [0.15, 0.2) is 0 Å². The summed E-state index contributed by atoms with van der Waals surface area (Å²) in [4.78, 5) is 0. The van der Waals surface area contributed by atoms with Crippen LogP contribution < -0.4 is 0 Å². The standard InChI is InChI=1S/H2P2S4/c3-2-1-6(4)5-2/h1-2H. The largest absolute Gasteiger partial charge is 0.0831 e. The van der Waals surface area contributed by atoms with Gasteiger partial charge in [0.2, 0.25) is 0 Å². The quantitative estimate of drug-likeness (QED) is 0.424. The molecule has 0 aromatic heterocycles. The van der Waals surface area contributed by atoms with E-state index >= 15 is 0 Å². The molecule has 1 aliphatic rings. The Labute approximate surface area is 54.4 Å². The van der Waals surface area contributed by atoms with Crippen molar-refractivity contribution in [1.82, 2.24) is 0 Å². The number of rotatable bonds is 0. The molecule has 0 radical (unpaired) electrons. The van der Waals surface area contributed by atoms with Gasteiger partial charge in [0.25, 0.3) is 0 Å². The lowest BCUT2D eigenvalue weighted by atomic mass is 29.3. The summed E-state index contributed by atoms with van der Waals surface area (Å²) in [5, 5.41) is 0. The Morgan fingerprint density at radius 2 is 2.33 bits per heavy atom. The zero-order valence-electron chi connectivity index (χ0n) is 2.63. The van der Waals surface area contributed by atoms with E-state index in [-0.39, 0.29) is 5.59 Å². The van der Waals surface area contributed by atoms with Gasteiger partial charge in [0.05, 0.1) is 0 Å². The second-order valence-electron chi connectivity index (χ2n) is 0.708. The first-order valence-electron chi connectivity index (χ1n) is 1.20. The lowest BCUT2D eigenvalue weighted by Gasteiger charge is -2.13. The normalized spacial score (nSPS) is 48.7. The molecule has 1 saturated heterocycles. The minimum absolute atomic E-state index is 0.297. The van der Waals surface area contributed by atoms with Gasteiger partial charge in [-0.25, -0.2) is 0 Å². The van der Waals surface area contributed by atoms with Gasteiger partial charge in [-0.05, 0) is 37.2 Å². The van der Waals surface area contributed by atoms with Crippen molar-refractivity contribution in [2.75, 3.05) is 0 Å². The minimum Gasteiger partial charge on any atom is -0.0831 e. The molecule has 0 aromatic carbocycles. The topological polar surface area (TPSA) is 0 Å². The maximum atomic E-state index is 4.96. The zero-order chi connectivity index (χ0) is 4.57. The first kappa shape index (κ1) is 6.12. The lowest BCUT2D eigenvalue weighted by molar-refractivity contribution is 5.05. The Kier molecular flexibility index (Phi) is 2.57. The van der Waals surface area contributed by atoms with Crippen molar-refractivity contribution < 1.29 is 0 Å². The Morgan fingerprint density at radius 3 is 2.33 bits per heavy atom. The highest BCUT2D eigenvalue weighted by Gasteiger charge is 2.11. The van der Waals surface area contributed by atoms with Crippen molar-refractivity contribution in [2.45, 2.75) is 0 Å². The number of hydrogen-bond acceptors (Lipinski definition) is 3. The lowest BCUT2D eigenvalue weighted by Crippen LogP contribution is -1.65. The predicted molar refractivity (Wildman–Crippen MR) is 46.3 cm³/mol. The van der Waals surface area contributed by atoms with Gasteiger partial charge in [0.15, 0.2) is 0 Å². The fourth-order valence-corrected chi connectivity index (χ4v) is 27.4. The molecular formula is H2P2S4. The smallest absolute Gasteiger partial charge is 0.0355 e. The van der Waals surface area contributed by atoms with Crippen molar-refractivity contribution in [3.8, 4) is 0 Å². The molecule has 0 saturated carbocycles. The summed E-state index contributed by atoms with van der Waals surface area (Å²) in [5.41, 5.74) is -0.306. The molecule has 1 fully saturated rings. The Hall–Kier alpha value is 2.00.